The van der Waals surface area contributed by atoms with Gasteiger partial charge in [0.15, 0.2) is 0 Å². The van der Waals surface area contributed by atoms with Crippen molar-refractivity contribution in [3.05, 3.63) is 12.2 Å². The molecule has 0 aliphatic heterocycles. The zero-order chi connectivity index (χ0) is 15.3. The normalized spacial score (nSPS) is 21.8. The van der Waals surface area contributed by atoms with Crippen molar-refractivity contribution in [2.24, 2.45) is 5.92 Å². The maximum absolute atomic E-state index is 12.3. The van der Waals surface area contributed by atoms with E-state index in [0.717, 1.165) is 38.5 Å². The highest BCUT2D eigenvalue weighted by atomic mass is 16.6. The summed E-state index contributed by atoms with van der Waals surface area (Å²) in [5.41, 5.74) is -0.116. The van der Waals surface area contributed by atoms with Gasteiger partial charge >= 0.3 is 11.9 Å². The predicted molar refractivity (Wildman–Crippen MR) is 79.6 cm³/mol. The Morgan fingerprint density at radius 1 is 1.10 bits per heavy atom. The molecule has 2 aliphatic carbocycles. The van der Waals surface area contributed by atoms with Crippen LogP contribution in [0.4, 0.5) is 0 Å². The molecule has 0 atom stereocenters. The summed E-state index contributed by atoms with van der Waals surface area (Å²) < 4.78 is 10.5. The van der Waals surface area contributed by atoms with Gasteiger partial charge in [0, 0.05) is 5.57 Å². The van der Waals surface area contributed by atoms with Crippen LogP contribution < -0.4 is 0 Å². The predicted octanol–water partition coefficient (Wildman–Crippen LogP) is 3.54. The quantitative estimate of drug-likeness (QED) is 0.575. The Labute approximate surface area is 126 Å². The first kappa shape index (κ1) is 16.1. The van der Waals surface area contributed by atoms with E-state index < -0.39 is 11.9 Å². The summed E-state index contributed by atoms with van der Waals surface area (Å²) in [5.74, 6) is -0.391. The van der Waals surface area contributed by atoms with Crippen molar-refractivity contribution in [3.63, 3.8) is 0 Å². The van der Waals surface area contributed by atoms with E-state index in [-0.39, 0.29) is 17.6 Å². The minimum atomic E-state index is -0.449. The van der Waals surface area contributed by atoms with Crippen molar-refractivity contribution in [1.29, 1.82) is 0 Å². The van der Waals surface area contributed by atoms with Gasteiger partial charge in [0.1, 0.15) is 5.60 Å². The van der Waals surface area contributed by atoms with Crippen LogP contribution in [0.5, 0.6) is 0 Å². The van der Waals surface area contributed by atoms with Gasteiger partial charge < -0.3 is 9.47 Å². The second-order valence-electron chi connectivity index (χ2n) is 6.35. The van der Waals surface area contributed by atoms with Gasteiger partial charge in [0.2, 0.25) is 0 Å². The molecular formula is C17H26O4. The zero-order valence-corrected chi connectivity index (χ0v) is 13.0. The molecule has 21 heavy (non-hydrogen) atoms. The Hall–Kier alpha value is -1.32. The molecule has 0 unspecified atom stereocenters. The molecule has 0 heterocycles. The first-order valence-corrected chi connectivity index (χ1v) is 8.05. The van der Waals surface area contributed by atoms with Crippen LogP contribution in [0.1, 0.15) is 64.2 Å². The number of hydrogen-bond acceptors (Lipinski definition) is 4. The standard InChI is InChI=1S/C17H26O4/c1-13(12-15(18)20-2)16(19)21-17(10-6-3-7-11-17)14-8-4-5-9-14/h14H,1,3-12H2,2H3. The summed E-state index contributed by atoms with van der Waals surface area (Å²) in [6.07, 6.45) is 10.0. The molecule has 0 bridgehead atoms. The van der Waals surface area contributed by atoms with Crippen LogP contribution in [-0.2, 0) is 19.1 Å². The smallest absolute Gasteiger partial charge is 0.334 e. The number of methoxy groups -OCH3 is 1. The lowest BCUT2D eigenvalue weighted by Gasteiger charge is -2.41. The van der Waals surface area contributed by atoms with Gasteiger partial charge in [-0.1, -0.05) is 25.8 Å². The number of esters is 2. The molecule has 0 aromatic carbocycles. The Kier molecular flexibility index (Phi) is 5.43. The first-order valence-electron chi connectivity index (χ1n) is 8.05. The topological polar surface area (TPSA) is 52.6 Å². The summed E-state index contributed by atoms with van der Waals surface area (Å²) in [4.78, 5) is 23.6. The molecule has 0 aromatic heterocycles. The van der Waals surface area contributed by atoms with Crippen molar-refractivity contribution in [2.45, 2.75) is 69.8 Å². The number of rotatable bonds is 5. The van der Waals surface area contributed by atoms with Gasteiger partial charge in [-0.25, -0.2) is 4.79 Å². The van der Waals surface area contributed by atoms with Crippen LogP contribution >= 0.6 is 0 Å². The lowest BCUT2D eigenvalue weighted by atomic mass is 9.74. The lowest BCUT2D eigenvalue weighted by molar-refractivity contribution is -0.167. The zero-order valence-electron chi connectivity index (χ0n) is 13.0. The summed E-state index contributed by atoms with van der Waals surface area (Å²) >= 11 is 0. The Bertz CT molecular complexity index is 401. The van der Waals surface area contributed by atoms with Gasteiger partial charge in [-0.05, 0) is 44.4 Å². The molecule has 0 aromatic rings. The van der Waals surface area contributed by atoms with E-state index in [1.54, 1.807) is 0 Å². The molecule has 4 heteroatoms. The van der Waals surface area contributed by atoms with E-state index in [1.165, 1.54) is 26.4 Å². The lowest BCUT2D eigenvalue weighted by Crippen LogP contribution is -2.43. The van der Waals surface area contributed by atoms with Gasteiger partial charge in [0.25, 0.3) is 0 Å². The largest absolute Gasteiger partial charge is 0.469 e. The highest BCUT2D eigenvalue weighted by Crippen LogP contribution is 2.45. The summed E-state index contributed by atoms with van der Waals surface area (Å²) in [5, 5.41) is 0. The summed E-state index contributed by atoms with van der Waals surface area (Å²) in [6, 6.07) is 0. The molecule has 0 N–H and O–H groups in total. The minimum absolute atomic E-state index is 0.0872. The third-order valence-electron chi connectivity index (χ3n) is 4.97. The van der Waals surface area contributed by atoms with Crippen LogP contribution in [0.2, 0.25) is 0 Å². The van der Waals surface area contributed by atoms with E-state index in [9.17, 15) is 9.59 Å². The molecule has 0 spiro atoms. The van der Waals surface area contributed by atoms with Crippen LogP contribution in [0.25, 0.3) is 0 Å². The maximum Gasteiger partial charge on any atom is 0.334 e. The number of hydrogen-bond donors (Lipinski definition) is 0. The van der Waals surface area contributed by atoms with Gasteiger partial charge in [-0.3, -0.25) is 4.79 Å². The van der Waals surface area contributed by atoms with Crippen molar-refractivity contribution in [1.82, 2.24) is 0 Å². The van der Waals surface area contributed by atoms with Crippen molar-refractivity contribution in [2.75, 3.05) is 7.11 Å². The molecule has 2 rings (SSSR count). The van der Waals surface area contributed by atoms with E-state index in [1.807, 2.05) is 0 Å². The molecule has 2 aliphatic rings. The Balaban J connectivity index is 2.02. The van der Waals surface area contributed by atoms with Crippen LogP contribution in [0, 0.1) is 5.92 Å². The number of carbonyl (C=O) groups is 2. The van der Waals surface area contributed by atoms with Crippen LogP contribution in [0.3, 0.4) is 0 Å². The summed E-state index contributed by atoms with van der Waals surface area (Å²) in [6.45, 7) is 3.69. The molecule has 118 valence electrons. The van der Waals surface area contributed by atoms with Crippen molar-refractivity contribution in [3.8, 4) is 0 Å². The maximum atomic E-state index is 12.3. The molecule has 0 amide bonds. The third-order valence-corrected chi connectivity index (χ3v) is 4.97. The van der Waals surface area contributed by atoms with Crippen LogP contribution in [0.15, 0.2) is 12.2 Å². The second-order valence-corrected chi connectivity index (χ2v) is 6.35. The number of ether oxygens (including phenoxy) is 2. The fraction of sp³-hybridized carbons (Fsp3) is 0.765. The highest BCUT2D eigenvalue weighted by molar-refractivity contribution is 5.93. The molecule has 2 fully saturated rings. The highest BCUT2D eigenvalue weighted by Gasteiger charge is 2.44. The number of carbonyl (C=O) groups excluding carboxylic acids is 2. The second kappa shape index (κ2) is 7.10. The average Bonchev–Trinajstić information content (AvgIpc) is 3.02. The summed E-state index contributed by atoms with van der Waals surface area (Å²) in [7, 11) is 1.31. The van der Waals surface area contributed by atoms with E-state index in [4.69, 9.17) is 4.74 Å². The van der Waals surface area contributed by atoms with Gasteiger partial charge in [0.05, 0.1) is 13.5 Å². The van der Waals surface area contributed by atoms with Gasteiger partial charge in [-0.15, -0.1) is 0 Å². The van der Waals surface area contributed by atoms with E-state index >= 15 is 0 Å². The van der Waals surface area contributed by atoms with Crippen molar-refractivity contribution >= 4 is 11.9 Å². The fourth-order valence-corrected chi connectivity index (χ4v) is 3.77. The first-order chi connectivity index (χ1) is 10.1. The van der Waals surface area contributed by atoms with Crippen LogP contribution in [-0.4, -0.2) is 24.6 Å². The average molecular weight is 294 g/mol. The monoisotopic (exact) mass is 294 g/mol. The Morgan fingerprint density at radius 3 is 2.29 bits per heavy atom. The van der Waals surface area contributed by atoms with Gasteiger partial charge in [-0.2, -0.15) is 0 Å². The fourth-order valence-electron chi connectivity index (χ4n) is 3.77. The molecule has 2 saturated carbocycles. The molecule has 4 nitrogen and oxygen atoms in total. The van der Waals surface area contributed by atoms with Crippen molar-refractivity contribution < 1.29 is 19.1 Å². The minimum Gasteiger partial charge on any atom is -0.469 e. The Morgan fingerprint density at radius 2 is 1.71 bits per heavy atom. The third kappa shape index (κ3) is 3.86. The van der Waals surface area contributed by atoms with E-state index in [0.29, 0.717) is 5.92 Å². The molecule has 0 saturated heterocycles. The van der Waals surface area contributed by atoms with E-state index in [2.05, 4.69) is 11.3 Å². The SMILES string of the molecule is C=C(CC(=O)OC)C(=O)OC1(C2CCCC2)CCCCC1. The molecule has 0 radical (unpaired) electrons. The molecular weight excluding hydrogens is 268 g/mol.